The summed E-state index contributed by atoms with van der Waals surface area (Å²) in [6.45, 7) is 18.5. The minimum absolute atomic E-state index is 0.0681. The van der Waals surface area contributed by atoms with Crippen molar-refractivity contribution < 1.29 is 38.1 Å². The summed E-state index contributed by atoms with van der Waals surface area (Å²) in [7, 11) is 0. The molecule has 0 unspecified atom stereocenters. The van der Waals surface area contributed by atoms with E-state index in [-0.39, 0.29) is 18.1 Å². The van der Waals surface area contributed by atoms with Crippen molar-refractivity contribution in [3.8, 4) is 5.88 Å². The Morgan fingerprint density at radius 1 is 0.933 bits per heavy atom. The van der Waals surface area contributed by atoms with Gasteiger partial charge < -0.3 is 28.6 Å². The molecular formula is C32H49N5O8. The summed E-state index contributed by atoms with van der Waals surface area (Å²) in [6.07, 6.45) is 2.36. The Morgan fingerprint density at radius 3 is 1.98 bits per heavy atom. The Balaban J connectivity index is 2.23. The zero-order valence-corrected chi connectivity index (χ0v) is 28.4. The molecule has 2 aromatic heterocycles. The second-order valence-corrected chi connectivity index (χ2v) is 14.3. The van der Waals surface area contributed by atoms with Crippen LogP contribution >= 0.6 is 0 Å². The molecule has 250 valence electrons. The van der Waals surface area contributed by atoms with Crippen LogP contribution in [0.4, 0.5) is 20.2 Å². The molecule has 0 aliphatic carbocycles. The Hall–Kier alpha value is -3.90. The first kappa shape index (κ1) is 35.6. The van der Waals surface area contributed by atoms with Crippen molar-refractivity contribution in [3.63, 3.8) is 0 Å². The monoisotopic (exact) mass is 631 g/mol. The molecule has 1 fully saturated rings. The number of rotatable bonds is 8. The fourth-order valence-electron chi connectivity index (χ4n) is 4.91. The molecule has 0 saturated carbocycles. The number of unbranched alkanes of at least 4 members (excludes halogenated alkanes) is 1. The average Bonchev–Trinajstić information content (AvgIpc) is 3.27. The molecule has 45 heavy (non-hydrogen) atoms. The van der Waals surface area contributed by atoms with Crippen LogP contribution in [0, 0.1) is 0 Å². The van der Waals surface area contributed by atoms with Crippen molar-refractivity contribution in [1.29, 1.82) is 0 Å². The summed E-state index contributed by atoms with van der Waals surface area (Å²) in [5.41, 5.74) is -2.94. The van der Waals surface area contributed by atoms with Crippen molar-refractivity contribution in [2.75, 3.05) is 24.6 Å². The number of hydrogen-bond donors (Lipinski definition) is 0. The topological polar surface area (TPSA) is 142 Å². The molecule has 1 aliphatic heterocycles. The molecule has 3 heterocycles. The lowest BCUT2D eigenvalue weighted by Gasteiger charge is -2.41. The van der Waals surface area contributed by atoms with Gasteiger partial charge in [0.1, 0.15) is 28.5 Å². The molecular weight excluding hydrogens is 582 g/mol. The highest BCUT2D eigenvalue weighted by atomic mass is 16.6. The van der Waals surface area contributed by atoms with Crippen LogP contribution in [0.5, 0.6) is 5.88 Å². The molecule has 3 amide bonds. The number of imide groups is 1. The minimum atomic E-state index is -0.990. The van der Waals surface area contributed by atoms with Gasteiger partial charge in [-0.3, -0.25) is 4.68 Å². The van der Waals surface area contributed by atoms with Crippen LogP contribution in [0.1, 0.15) is 101 Å². The van der Waals surface area contributed by atoms with E-state index in [0.29, 0.717) is 43.4 Å². The van der Waals surface area contributed by atoms with Crippen LogP contribution in [0.3, 0.4) is 0 Å². The SMILES string of the molecule is CCCCOc1nccc2c1c(N(C(=O)OC(C)(C)C)C(=O)OC(C)(C)C)nn2C1(CC=O)CCN(C(=O)OC(C)(C)C)CC1. The summed E-state index contributed by atoms with van der Waals surface area (Å²) < 4.78 is 24.6. The highest BCUT2D eigenvalue weighted by molar-refractivity contribution is 6.14. The van der Waals surface area contributed by atoms with Crippen molar-refractivity contribution in [2.45, 2.75) is 124 Å². The molecule has 1 saturated heterocycles. The third-order valence-corrected chi connectivity index (χ3v) is 6.90. The highest BCUT2D eigenvalue weighted by Gasteiger charge is 2.43. The van der Waals surface area contributed by atoms with Crippen LogP contribution in [-0.2, 0) is 24.5 Å². The Labute approximate surface area is 265 Å². The van der Waals surface area contributed by atoms with E-state index in [4.69, 9.17) is 24.0 Å². The largest absolute Gasteiger partial charge is 0.477 e. The van der Waals surface area contributed by atoms with Gasteiger partial charge in [0.15, 0.2) is 5.82 Å². The van der Waals surface area contributed by atoms with Crippen LogP contribution in [0.25, 0.3) is 10.9 Å². The summed E-state index contributed by atoms with van der Waals surface area (Å²) >= 11 is 0. The predicted octanol–water partition coefficient (Wildman–Crippen LogP) is 6.60. The first-order valence-corrected chi connectivity index (χ1v) is 15.5. The molecule has 3 rings (SSSR count). The maximum absolute atomic E-state index is 13.7. The van der Waals surface area contributed by atoms with Crippen LogP contribution in [0.2, 0.25) is 0 Å². The molecule has 0 atom stereocenters. The molecule has 0 aromatic carbocycles. The van der Waals surface area contributed by atoms with Crippen molar-refractivity contribution >= 4 is 41.3 Å². The third-order valence-electron chi connectivity index (χ3n) is 6.90. The maximum Gasteiger partial charge on any atom is 0.425 e. The number of fused-ring (bicyclic) bond motifs is 1. The van der Waals surface area contributed by atoms with Gasteiger partial charge in [0.25, 0.3) is 0 Å². The lowest BCUT2D eigenvalue weighted by atomic mass is 9.85. The Bertz CT molecular complexity index is 1350. The number of likely N-dealkylation sites (tertiary alicyclic amines) is 1. The van der Waals surface area contributed by atoms with E-state index >= 15 is 0 Å². The van der Waals surface area contributed by atoms with E-state index < -0.39 is 40.6 Å². The highest BCUT2D eigenvalue weighted by Crippen LogP contribution is 2.41. The fourth-order valence-corrected chi connectivity index (χ4v) is 4.91. The predicted molar refractivity (Wildman–Crippen MR) is 169 cm³/mol. The molecule has 13 nitrogen and oxygen atoms in total. The summed E-state index contributed by atoms with van der Waals surface area (Å²) in [5, 5.41) is 5.15. The smallest absolute Gasteiger partial charge is 0.425 e. The number of anilines is 1. The van der Waals surface area contributed by atoms with Crippen LogP contribution in [0.15, 0.2) is 12.3 Å². The summed E-state index contributed by atoms with van der Waals surface area (Å²) in [4.78, 5) is 59.2. The number of pyridine rings is 1. The van der Waals surface area contributed by atoms with E-state index in [1.165, 1.54) is 0 Å². The molecule has 13 heteroatoms. The molecule has 0 bridgehead atoms. The van der Waals surface area contributed by atoms with Gasteiger partial charge in [-0.2, -0.15) is 10.00 Å². The second-order valence-electron chi connectivity index (χ2n) is 14.3. The zero-order valence-electron chi connectivity index (χ0n) is 28.4. The molecule has 2 aromatic rings. The van der Waals surface area contributed by atoms with E-state index in [1.807, 2.05) is 6.92 Å². The zero-order chi connectivity index (χ0) is 33.8. The van der Waals surface area contributed by atoms with Gasteiger partial charge in [0.05, 0.1) is 17.7 Å². The number of hydrogen-bond acceptors (Lipinski definition) is 10. The summed E-state index contributed by atoms with van der Waals surface area (Å²) in [6, 6.07) is 1.70. The number of carbonyl (C=O) groups is 4. The first-order valence-electron chi connectivity index (χ1n) is 15.5. The number of piperidine rings is 1. The number of amides is 3. The number of nitrogens with zero attached hydrogens (tertiary/aromatic N) is 5. The van der Waals surface area contributed by atoms with E-state index in [9.17, 15) is 19.2 Å². The quantitative estimate of drug-likeness (QED) is 0.178. The average molecular weight is 632 g/mol. The summed E-state index contributed by atoms with van der Waals surface area (Å²) in [5.74, 6) is 0.0831. The van der Waals surface area contributed by atoms with E-state index in [0.717, 1.165) is 24.0 Å². The van der Waals surface area contributed by atoms with E-state index in [2.05, 4.69) is 4.98 Å². The van der Waals surface area contributed by atoms with Crippen molar-refractivity contribution in [2.24, 2.45) is 0 Å². The normalized spacial score (nSPS) is 15.4. The number of aromatic nitrogens is 3. The lowest BCUT2D eigenvalue weighted by Crippen LogP contribution is -2.50. The van der Waals surface area contributed by atoms with Gasteiger partial charge in [-0.15, -0.1) is 0 Å². The van der Waals surface area contributed by atoms with Crippen molar-refractivity contribution in [3.05, 3.63) is 12.3 Å². The maximum atomic E-state index is 13.7. The number of carbonyl (C=O) groups excluding carboxylic acids is 4. The minimum Gasteiger partial charge on any atom is -0.477 e. The molecule has 0 spiro atoms. The second kappa shape index (κ2) is 13.6. The van der Waals surface area contributed by atoms with Gasteiger partial charge in [0.2, 0.25) is 5.88 Å². The number of ether oxygens (including phenoxy) is 4. The lowest BCUT2D eigenvalue weighted by molar-refractivity contribution is -0.110. The fraction of sp³-hybridized carbons (Fsp3) is 0.688. The molecule has 0 N–H and O–H groups in total. The van der Waals surface area contributed by atoms with Crippen LogP contribution < -0.4 is 9.64 Å². The van der Waals surface area contributed by atoms with Gasteiger partial charge in [-0.25, -0.2) is 19.4 Å². The molecule has 1 aliphatic rings. The van der Waals surface area contributed by atoms with Crippen molar-refractivity contribution in [1.82, 2.24) is 19.7 Å². The Morgan fingerprint density at radius 2 is 1.49 bits per heavy atom. The first-order chi connectivity index (χ1) is 20.8. The Kier molecular flexibility index (Phi) is 10.8. The van der Waals surface area contributed by atoms with Gasteiger partial charge >= 0.3 is 18.3 Å². The number of aldehydes is 1. The van der Waals surface area contributed by atoms with Gasteiger partial charge in [-0.1, -0.05) is 13.3 Å². The third kappa shape index (κ3) is 9.07. The van der Waals surface area contributed by atoms with Crippen LogP contribution in [-0.4, -0.2) is 80.7 Å². The standard InChI is InChI=1S/C32H49N5O8/c1-11-12-21-42-25-23-22(13-17-33-25)37(32(16-20-38)14-18-35(19-15-32)26(39)43-29(2,3)4)34-24(23)36(27(40)44-30(5,6)7)28(41)45-31(8,9)10/h13,17,20H,11-12,14-16,18-19,21H2,1-10H3. The van der Waals surface area contributed by atoms with E-state index in [1.54, 1.807) is 84.2 Å². The molecule has 0 radical (unpaired) electrons. The van der Waals surface area contributed by atoms with Gasteiger partial charge in [-0.05, 0) is 87.6 Å². The van der Waals surface area contributed by atoms with Gasteiger partial charge in [0, 0.05) is 25.7 Å².